The normalized spacial score (nSPS) is 9.60. The van der Waals surface area contributed by atoms with Crippen LogP contribution in [-0.4, -0.2) is 15.2 Å². The summed E-state index contributed by atoms with van der Waals surface area (Å²) in [5, 5.41) is 8.39. The first-order valence-electron chi connectivity index (χ1n) is 2.51. The number of nitrogens with one attached hydrogen (secondary N) is 1. The van der Waals surface area contributed by atoms with E-state index in [9.17, 15) is 0 Å². The molecule has 0 saturated heterocycles. The second kappa shape index (κ2) is 2.89. The summed E-state index contributed by atoms with van der Waals surface area (Å²) in [5.74, 6) is 0. The number of aromatic nitrogens is 2. The summed E-state index contributed by atoms with van der Waals surface area (Å²) >= 11 is 5.82. The first-order valence-corrected chi connectivity index (χ1v) is 3.73. The molecule has 6 heteroatoms. The fraction of sp³-hybridized carbons (Fsp3) is 0.250. The number of hydrogen-bond acceptors (Lipinski definition) is 5. The van der Waals surface area contributed by atoms with Crippen LogP contribution in [-0.2, 0) is 6.42 Å². The molecule has 53 valence electrons. The molecule has 1 radical (unpaired) electrons. The summed E-state index contributed by atoms with van der Waals surface area (Å²) in [5.41, 5.74) is 12.2. The number of nitrogens with zero attached hydrogens (tertiary/aromatic N) is 2. The van der Waals surface area contributed by atoms with E-state index in [4.69, 9.17) is 11.5 Å². The number of rotatable bonds is 2. The van der Waals surface area contributed by atoms with Crippen LogP contribution in [0.3, 0.4) is 0 Å². The molecule has 0 atom stereocenters. The molecule has 0 aromatic carbocycles. The molecule has 1 aromatic rings. The van der Waals surface area contributed by atoms with E-state index >= 15 is 0 Å². The van der Waals surface area contributed by atoms with Gasteiger partial charge < -0.3 is 5.73 Å². The van der Waals surface area contributed by atoms with Gasteiger partial charge in [-0.05, 0) is 0 Å². The van der Waals surface area contributed by atoms with Gasteiger partial charge in [0.2, 0.25) is 5.13 Å². The molecule has 0 saturated carbocycles. The lowest BCUT2D eigenvalue weighted by atomic mass is 10.5. The van der Waals surface area contributed by atoms with E-state index in [0.717, 1.165) is 0 Å². The fourth-order valence-electron chi connectivity index (χ4n) is 0.475. The lowest BCUT2D eigenvalue weighted by Gasteiger charge is -1.85. The zero-order valence-corrected chi connectivity index (χ0v) is 6.63. The Morgan fingerprint density at radius 3 is 2.80 bits per heavy atom. The number of nitrogen functional groups attached to an aromatic ring is 1. The Hall–Kier alpha value is -0.750. The van der Waals surface area contributed by atoms with Crippen LogP contribution in [0.1, 0.15) is 5.01 Å². The lowest BCUT2D eigenvalue weighted by molar-refractivity contribution is 1.03. The van der Waals surface area contributed by atoms with Crippen LogP contribution in [0.4, 0.5) is 5.13 Å². The first-order chi connectivity index (χ1) is 4.68. The molecular formula is C4H5N4S2. The minimum absolute atomic E-state index is 0.163. The third-order valence-electron chi connectivity index (χ3n) is 0.794. The van der Waals surface area contributed by atoms with E-state index in [0.29, 0.717) is 16.6 Å². The molecule has 10 heavy (non-hydrogen) atoms. The second-order valence-electron chi connectivity index (χ2n) is 1.63. The zero-order valence-electron chi connectivity index (χ0n) is 5.00. The van der Waals surface area contributed by atoms with Crippen molar-refractivity contribution in [2.75, 3.05) is 5.73 Å². The molecule has 0 spiro atoms. The van der Waals surface area contributed by atoms with Gasteiger partial charge in [-0.25, -0.2) is 0 Å². The molecule has 0 aliphatic rings. The third-order valence-corrected chi connectivity index (χ3v) is 1.69. The van der Waals surface area contributed by atoms with E-state index in [-0.39, 0.29) is 4.99 Å². The summed E-state index contributed by atoms with van der Waals surface area (Å²) in [6, 6.07) is 0. The van der Waals surface area contributed by atoms with Crippen LogP contribution in [0.25, 0.3) is 0 Å². The second-order valence-corrected chi connectivity index (χ2v) is 3.22. The predicted molar refractivity (Wildman–Crippen MR) is 43.7 cm³/mol. The number of anilines is 1. The summed E-state index contributed by atoms with van der Waals surface area (Å²) in [6.07, 6.45) is 0.379. The van der Waals surface area contributed by atoms with Gasteiger partial charge in [0.05, 0.1) is 6.42 Å². The highest BCUT2D eigenvalue weighted by Crippen LogP contribution is 2.10. The van der Waals surface area contributed by atoms with E-state index in [1.807, 2.05) is 0 Å². The Kier molecular flexibility index (Phi) is 2.13. The summed E-state index contributed by atoms with van der Waals surface area (Å²) < 4.78 is 0. The monoisotopic (exact) mass is 173 g/mol. The largest absolute Gasteiger partial charge is 0.374 e. The molecule has 0 unspecified atom stereocenters. The van der Waals surface area contributed by atoms with Crippen molar-refractivity contribution in [2.24, 2.45) is 0 Å². The van der Waals surface area contributed by atoms with Crippen molar-refractivity contribution < 1.29 is 0 Å². The van der Waals surface area contributed by atoms with E-state index in [1.165, 1.54) is 11.3 Å². The highest BCUT2D eigenvalue weighted by atomic mass is 32.1. The van der Waals surface area contributed by atoms with E-state index in [1.54, 1.807) is 0 Å². The molecular weight excluding hydrogens is 168 g/mol. The van der Waals surface area contributed by atoms with Crippen molar-refractivity contribution in [1.82, 2.24) is 15.9 Å². The van der Waals surface area contributed by atoms with E-state index < -0.39 is 0 Å². The minimum atomic E-state index is 0.163. The van der Waals surface area contributed by atoms with Gasteiger partial charge in [0, 0.05) is 0 Å². The van der Waals surface area contributed by atoms with Gasteiger partial charge in [0.25, 0.3) is 0 Å². The number of nitrogens with two attached hydrogens (primary N) is 1. The van der Waals surface area contributed by atoms with E-state index in [2.05, 4.69) is 22.4 Å². The van der Waals surface area contributed by atoms with Gasteiger partial charge in [0.15, 0.2) is 0 Å². The number of thiocarbonyl (C=S) groups is 1. The quantitative estimate of drug-likeness (QED) is 0.651. The van der Waals surface area contributed by atoms with Gasteiger partial charge in [-0.2, -0.15) is 0 Å². The van der Waals surface area contributed by atoms with Crippen LogP contribution in [0.5, 0.6) is 0 Å². The maximum Gasteiger partial charge on any atom is 0.203 e. The molecule has 1 rings (SSSR count). The Morgan fingerprint density at radius 1 is 1.70 bits per heavy atom. The molecule has 4 nitrogen and oxygen atoms in total. The summed E-state index contributed by atoms with van der Waals surface area (Å²) in [7, 11) is 0. The lowest BCUT2D eigenvalue weighted by Crippen LogP contribution is -1.98. The fourth-order valence-corrected chi connectivity index (χ4v) is 1.32. The van der Waals surface area contributed by atoms with Gasteiger partial charge in [0.1, 0.15) is 10.00 Å². The summed E-state index contributed by atoms with van der Waals surface area (Å²) in [4.78, 5) is 0.163. The molecule has 0 aliphatic heterocycles. The molecule has 1 aromatic heterocycles. The molecule has 0 bridgehead atoms. The Morgan fingerprint density at radius 2 is 2.40 bits per heavy atom. The van der Waals surface area contributed by atoms with Gasteiger partial charge in [-0.15, -0.1) is 10.2 Å². The standard InChI is InChI=1S/C4H5N4S2/c5-2(9)1-3-7-8-4(6)10-3/h5H,1H2,(H2,6,8). The van der Waals surface area contributed by atoms with Gasteiger partial charge in [-0.3, -0.25) is 5.73 Å². The van der Waals surface area contributed by atoms with Crippen molar-refractivity contribution in [2.45, 2.75) is 6.42 Å². The first kappa shape index (κ1) is 7.36. The van der Waals surface area contributed by atoms with Crippen LogP contribution in [0.2, 0.25) is 0 Å². The number of hydrogen-bond donors (Lipinski definition) is 1. The molecule has 0 fully saturated rings. The van der Waals surface area contributed by atoms with Crippen LogP contribution < -0.4 is 11.5 Å². The Labute approximate surface area is 67.2 Å². The van der Waals surface area contributed by atoms with Gasteiger partial charge >= 0.3 is 0 Å². The Balaban J connectivity index is 2.67. The predicted octanol–water partition coefficient (Wildman–Crippen LogP) is 0.273. The van der Waals surface area contributed by atoms with Crippen molar-refractivity contribution in [3.8, 4) is 0 Å². The average Bonchev–Trinajstić information content (AvgIpc) is 2.13. The molecule has 1 heterocycles. The van der Waals surface area contributed by atoms with Crippen molar-refractivity contribution in [1.29, 1.82) is 0 Å². The topological polar surface area (TPSA) is 75.6 Å². The highest BCUT2D eigenvalue weighted by Gasteiger charge is 2.01. The van der Waals surface area contributed by atoms with Crippen LogP contribution in [0, 0.1) is 0 Å². The summed E-state index contributed by atoms with van der Waals surface area (Å²) in [6.45, 7) is 0. The molecule has 0 amide bonds. The molecule has 0 aliphatic carbocycles. The smallest absolute Gasteiger partial charge is 0.203 e. The van der Waals surface area contributed by atoms with Gasteiger partial charge in [-0.1, -0.05) is 23.6 Å². The zero-order chi connectivity index (χ0) is 7.56. The van der Waals surface area contributed by atoms with Crippen molar-refractivity contribution in [3.63, 3.8) is 0 Å². The van der Waals surface area contributed by atoms with Crippen molar-refractivity contribution >= 4 is 33.7 Å². The highest BCUT2D eigenvalue weighted by molar-refractivity contribution is 7.80. The minimum Gasteiger partial charge on any atom is -0.374 e. The maximum absolute atomic E-state index is 6.95. The van der Waals surface area contributed by atoms with Crippen LogP contribution >= 0.6 is 23.6 Å². The van der Waals surface area contributed by atoms with Crippen LogP contribution in [0.15, 0.2) is 0 Å². The SMILES string of the molecule is [NH]C(=S)Cc1nnc(N)s1. The maximum atomic E-state index is 6.95. The third kappa shape index (κ3) is 1.89. The average molecular weight is 173 g/mol. The Bertz CT molecular complexity index is 243. The molecule has 3 N–H and O–H groups in total. The van der Waals surface area contributed by atoms with Crippen molar-refractivity contribution in [3.05, 3.63) is 5.01 Å².